The largest absolute Gasteiger partial charge is 0.418 e. The molecule has 0 atom stereocenters. The number of nitrogens with zero attached hydrogens (tertiary/aromatic N) is 2. The molecule has 0 radical (unpaired) electrons. The number of rotatable bonds is 6. The molecule has 0 aliphatic rings. The molecule has 2 N–H and O–H groups in total. The van der Waals surface area contributed by atoms with Crippen LogP contribution in [0.15, 0.2) is 65.8 Å². The number of anilines is 1. The number of hydrogen-bond donors (Lipinski definition) is 2. The molecule has 0 bridgehead atoms. The third-order valence-electron chi connectivity index (χ3n) is 4.01. The fourth-order valence-electron chi connectivity index (χ4n) is 2.74. The molecule has 0 spiro atoms. The summed E-state index contributed by atoms with van der Waals surface area (Å²) in [4.78, 5) is 7.68. The Labute approximate surface area is 165 Å². The van der Waals surface area contributed by atoms with Gasteiger partial charge in [0, 0.05) is 18.4 Å². The second kappa shape index (κ2) is 8.18. The summed E-state index contributed by atoms with van der Waals surface area (Å²) in [6, 6.07) is 12.2. The predicted molar refractivity (Wildman–Crippen MR) is 101 cm³/mol. The molecule has 0 unspecified atom stereocenters. The van der Waals surface area contributed by atoms with Gasteiger partial charge >= 0.3 is 6.18 Å². The lowest BCUT2D eigenvalue weighted by atomic mass is 9.98. The molecule has 0 aliphatic heterocycles. The van der Waals surface area contributed by atoms with Gasteiger partial charge in [-0.2, -0.15) is 21.6 Å². The van der Waals surface area contributed by atoms with Crippen LogP contribution in [0, 0.1) is 0 Å². The lowest BCUT2D eigenvalue weighted by Crippen LogP contribution is -2.17. The first-order chi connectivity index (χ1) is 13.7. The Bertz CT molecular complexity index is 1100. The van der Waals surface area contributed by atoms with Crippen molar-refractivity contribution in [3.8, 4) is 11.3 Å². The Balaban J connectivity index is 2.11. The van der Waals surface area contributed by atoms with E-state index in [1.54, 1.807) is 18.2 Å². The van der Waals surface area contributed by atoms with Crippen molar-refractivity contribution in [2.45, 2.75) is 17.6 Å². The summed E-state index contributed by atoms with van der Waals surface area (Å²) >= 11 is 0. The van der Waals surface area contributed by atoms with E-state index in [1.807, 2.05) is 0 Å². The minimum absolute atomic E-state index is 0.124. The van der Waals surface area contributed by atoms with Gasteiger partial charge in [-0.15, -0.1) is 0 Å². The van der Waals surface area contributed by atoms with Gasteiger partial charge in [0.2, 0.25) is 0 Å². The highest BCUT2D eigenvalue weighted by Crippen LogP contribution is 2.38. The molecule has 3 aromatic rings. The molecule has 29 heavy (non-hydrogen) atoms. The Hall–Kier alpha value is -2.98. The summed E-state index contributed by atoms with van der Waals surface area (Å²) in [5.41, 5.74) is -0.822. The normalized spacial score (nSPS) is 12.0. The van der Waals surface area contributed by atoms with Crippen molar-refractivity contribution in [2.24, 2.45) is 0 Å². The highest BCUT2D eigenvalue weighted by Gasteiger charge is 2.35. The summed E-state index contributed by atoms with van der Waals surface area (Å²) in [6.07, 6.45) is -3.29. The van der Waals surface area contributed by atoms with Crippen LogP contribution >= 0.6 is 0 Å². The van der Waals surface area contributed by atoms with Crippen LogP contribution in [-0.2, 0) is 22.6 Å². The lowest BCUT2D eigenvalue weighted by molar-refractivity contribution is -0.137. The number of alkyl halides is 3. The topological polar surface area (TPSA) is 92.2 Å². The predicted octanol–water partition coefficient (Wildman–Crippen LogP) is 3.50. The number of aliphatic hydroxyl groups excluding tert-OH is 1. The second-order valence-corrected chi connectivity index (χ2v) is 7.62. The Kier molecular flexibility index (Phi) is 5.85. The molecule has 0 aliphatic carbocycles. The van der Waals surface area contributed by atoms with Crippen molar-refractivity contribution in [1.82, 2.24) is 9.97 Å². The molecular formula is C19H16F3N3O3S. The molecule has 0 saturated carbocycles. The van der Waals surface area contributed by atoms with Crippen molar-refractivity contribution in [2.75, 3.05) is 11.3 Å². The van der Waals surface area contributed by atoms with Crippen molar-refractivity contribution >= 4 is 15.8 Å². The average Bonchev–Trinajstić information content (AvgIpc) is 2.68. The average molecular weight is 423 g/mol. The van der Waals surface area contributed by atoms with Crippen LogP contribution in [0.1, 0.15) is 11.1 Å². The zero-order valence-electron chi connectivity index (χ0n) is 14.9. The molecule has 0 amide bonds. The van der Waals surface area contributed by atoms with Gasteiger partial charge in [0.15, 0.2) is 5.03 Å². The second-order valence-electron chi connectivity index (χ2n) is 5.99. The maximum Gasteiger partial charge on any atom is 0.418 e. The number of nitrogens with one attached hydrogen (secondary N) is 1. The fraction of sp³-hybridized carbons (Fsp3) is 0.158. The van der Waals surface area contributed by atoms with Crippen LogP contribution < -0.4 is 4.72 Å². The van der Waals surface area contributed by atoms with Crippen molar-refractivity contribution in [3.63, 3.8) is 0 Å². The van der Waals surface area contributed by atoms with Crippen LogP contribution in [0.25, 0.3) is 11.3 Å². The van der Waals surface area contributed by atoms with Gasteiger partial charge < -0.3 is 5.11 Å². The van der Waals surface area contributed by atoms with Crippen LogP contribution in [-0.4, -0.2) is 30.1 Å². The lowest BCUT2D eigenvalue weighted by Gasteiger charge is -2.16. The zero-order valence-corrected chi connectivity index (χ0v) is 15.7. The van der Waals surface area contributed by atoms with E-state index in [0.717, 1.165) is 12.1 Å². The smallest absolute Gasteiger partial charge is 0.396 e. The summed E-state index contributed by atoms with van der Waals surface area (Å²) < 4.78 is 67.7. The maximum absolute atomic E-state index is 13.5. The van der Waals surface area contributed by atoms with E-state index in [-0.39, 0.29) is 29.4 Å². The summed E-state index contributed by atoms with van der Waals surface area (Å²) in [7, 11) is -4.13. The molecule has 0 fully saturated rings. The van der Waals surface area contributed by atoms with E-state index in [0.29, 0.717) is 5.56 Å². The molecule has 0 saturated heterocycles. The first kappa shape index (κ1) is 20.7. The van der Waals surface area contributed by atoms with Gasteiger partial charge in [-0.3, -0.25) is 4.72 Å². The Morgan fingerprint density at radius 2 is 1.72 bits per heavy atom. The van der Waals surface area contributed by atoms with Gasteiger partial charge in [-0.25, -0.2) is 9.97 Å². The minimum Gasteiger partial charge on any atom is -0.396 e. The molecule has 3 rings (SSSR count). The van der Waals surface area contributed by atoms with Gasteiger partial charge in [-0.1, -0.05) is 30.3 Å². The Morgan fingerprint density at radius 1 is 1.00 bits per heavy atom. The van der Waals surface area contributed by atoms with Gasteiger partial charge in [-0.05, 0) is 36.2 Å². The monoisotopic (exact) mass is 423 g/mol. The van der Waals surface area contributed by atoms with Crippen LogP contribution in [0.4, 0.5) is 19.0 Å². The van der Waals surface area contributed by atoms with Crippen molar-refractivity contribution in [1.29, 1.82) is 0 Å². The van der Waals surface area contributed by atoms with E-state index in [4.69, 9.17) is 0 Å². The molecular weight excluding hydrogens is 407 g/mol. The van der Waals surface area contributed by atoms with Gasteiger partial charge in [0.25, 0.3) is 10.0 Å². The summed E-state index contributed by atoms with van der Waals surface area (Å²) in [5, 5.41) is 8.92. The highest BCUT2D eigenvalue weighted by atomic mass is 32.2. The SMILES string of the molecule is O=S(=O)(Nc1ccc(C(F)(F)F)c(-c2ccccc2CCO)n1)c1ccccn1. The highest BCUT2D eigenvalue weighted by molar-refractivity contribution is 7.92. The first-order valence-corrected chi connectivity index (χ1v) is 9.92. The third-order valence-corrected chi connectivity index (χ3v) is 5.28. The molecule has 152 valence electrons. The number of hydrogen-bond acceptors (Lipinski definition) is 5. The quantitative estimate of drug-likeness (QED) is 0.633. The third kappa shape index (κ3) is 4.72. The van der Waals surface area contributed by atoms with E-state index in [1.165, 1.54) is 30.5 Å². The van der Waals surface area contributed by atoms with Crippen LogP contribution in [0.5, 0.6) is 0 Å². The zero-order chi connectivity index (χ0) is 21.1. The van der Waals surface area contributed by atoms with Crippen molar-refractivity contribution < 1.29 is 26.7 Å². The van der Waals surface area contributed by atoms with Crippen LogP contribution in [0.3, 0.4) is 0 Å². The molecule has 10 heteroatoms. The van der Waals surface area contributed by atoms with Crippen molar-refractivity contribution in [3.05, 3.63) is 71.9 Å². The molecule has 6 nitrogen and oxygen atoms in total. The van der Waals surface area contributed by atoms with Gasteiger partial charge in [0.1, 0.15) is 5.82 Å². The van der Waals surface area contributed by atoms with E-state index in [2.05, 4.69) is 14.7 Å². The van der Waals surface area contributed by atoms with E-state index < -0.39 is 27.5 Å². The number of sulfonamides is 1. The molecule has 1 aromatic carbocycles. The van der Waals surface area contributed by atoms with Crippen LogP contribution in [0.2, 0.25) is 0 Å². The molecule has 2 heterocycles. The summed E-state index contributed by atoms with van der Waals surface area (Å²) in [6.45, 7) is -0.260. The molecule has 2 aromatic heterocycles. The van der Waals surface area contributed by atoms with Gasteiger partial charge in [0.05, 0.1) is 11.3 Å². The number of aliphatic hydroxyl groups is 1. The van der Waals surface area contributed by atoms with E-state index >= 15 is 0 Å². The number of benzene rings is 1. The summed E-state index contributed by atoms with van der Waals surface area (Å²) in [5.74, 6) is -0.280. The standard InChI is InChI=1S/C19H16F3N3O3S/c20-19(21,22)15-8-9-16(25-29(27,28)17-7-3-4-11-23-17)24-18(15)14-6-2-1-5-13(14)10-12-26/h1-9,11,26H,10,12H2,(H,24,25). The Morgan fingerprint density at radius 3 is 2.38 bits per heavy atom. The minimum atomic E-state index is -4.70. The number of halogens is 3. The first-order valence-electron chi connectivity index (χ1n) is 8.43. The number of pyridine rings is 2. The number of aromatic nitrogens is 2. The maximum atomic E-state index is 13.5. The fourth-order valence-corrected chi connectivity index (χ4v) is 3.69. The van der Waals surface area contributed by atoms with E-state index in [9.17, 15) is 26.7 Å².